The van der Waals surface area contributed by atoms with Crippen molar-refractivity contribution in [3.63, 3.8) is 0 Å². The SMILES string of the molecule is [2H]C([2H])(Oc1ccc(C(N)C(C)(C)OC)cc1)C1(C)CCCC1. The van der Waals surface area contributed by atoms with Gasteiger partial charge in [-0.05, 0) is 44.4 Å². The third-order valence-corrected chi connectivity index (χ3v) is 4.64. The average molecular weight is 293 g/mol. The van der Waals surface area contributed by atoms with Crippen molar-refractivity contribution in [1.82, 2.24) is 0 Å². The Kier molecular flexibility index (Phi) is 4.12. The van der Waals surface area contributed by atoms with E-state index in [1.807, 2.05) is 32.9 Å². The minimum Gasteiger partial charge on any atom is -0.493 e. The van der Waals surface area contributed by atoms with Crippen molar-refractivity contribution in [3.05, 3.63) is 29.8 Å². The summed E-state index contributed by atoms with van der Waals surface area (Å²) in [6.45, 7) is 4.20. The highest BCUT2D eigenvalue weighted by Gasteiger charge is 2.30. The smallest absolute Gasteiger partial charge is 0.119 e. The second-order valence-corrected chi connectivity index (χ2v) is 6.83. The van der Waals surface area contributed by atoms with Crippen molar-refractivity contribution in [3.8, 4) is 5.75 Å². The lowest BCUT2D eigenvalue weighted by atomic mass is 9.90. The van der Waals surface area contributed by atoms with Crippen LogP contribution in [0.1, 0.15) is 60.8 Å². The lowest BCUT2D eigenvalue weighted by Gasteiger charge is -2.30. The number of rotatable bonds is 6. The fraction of sp³-hybridized carbons (Fsp3) is 0.667. The molecule has 3 nitrogen and oxygen atoms in total. The third-order valence-electron chi connectivity index (χ3n) is 4.64. The van der Waals surface area contributed by atoms with Crippen LogP contribution in [0, 0.1) is 5.41 Å². The van der Waals surface area contributed by atoms with E-state index in [1.54, 1.807) is 19.2 Å². The Balaban J connectivity index is 2.11. The van der Waals surface area contributed by atoms with E-state index >= 15 is 0 Å². The van der Waals surface area contributed by atoms with Crippen LogP contribution in [-0.2, 0) is 4.74 Å². The van der Waals surface area contributed by atoms with Crippen molar-refractivity contribution < 1.29 is 12.2 Å². The van der Waals surface area contributed by atoms with E-state index in [9.17, 15) is 0 Å². The van der Waals surface area contributed by atoms with Gasteiger partial charge >= 0.3 is 0 Å². The zero-order valence-electron chi connectivity index (χ0n) is 15.6. The highest BCUT2D eigenvalue weighted by atomic mass is 16.5. The number of hydrogen-bond donors (Lipinski definition) is 1. The quantitative estimate of drug-likeness (QED) is 0.860. The summed E-state index contributed by atoms with van der Waals surface area (Å²) >= 11 is 0. The molecule has 0 aromatic heterocycles. The molecule has 0 amide bonds. The summed E-state index contributed by atoms with van der Waals surface area (Å²) in [6, 6.07) is 7.08. The summed E-state index contributed by atoms with van der Waals surface area (Å²) in [6.07, 6.45) is 3.87. The number of benzene rings is 1. The van der Waals surface area contributed by atoms with Crippen molar-refractivity contribution in [1.29, 1.82) is 0 Å². The Morgan fingerprint density at radius 2 is 1.86 bits per heavy atom. The molecule has 1 aromatic carbocycles. The van der Waals surface area contributed by atoms with E-state index < -0.39 is 17.6 Å². The normalized spacial score (nSPS) is 21.6. The molecule has 1 unspecified atom stereocenters. The first-order chi connectivity index (χ1) is 10.6. The Labute approximate surface area is 131 Å². The molecule has 118 valence electrons. The first-order valence-electron chi connectivity index (χ1n) is 8.71. The standard InChI is InChI=1S/C18H29NO2/c1-17(2,20-4)16(19)14-7-9-15(10-8-14)21-13-18(3)11-5-6-12-18/h7-10,16H,5-6,11-13,19H2,1-4H3/i13D2. The van der Waals surface area contributed by atoms with Crippen LogP contribution in [-0.4, -0.2) is 19.3 Å². The molecule has 2 N–H and O–H groups in total. The molecule has 3 heteroatoms. The van der Waals surface area contributed by atoms with Crippen molar-refractivity contribution in [2.75, 3.05) is 13.7 Å². The van der Waals surface area contributed by atoms with Crippen LogP contribution in [0.25, 0.3) is 0 Å². The second-order valence-electron chi connectivity index (χ2n) is 6.83. The fourth-order valence-corrected chi connectivity index (χ4v) is 2.71. The van der Waals surface area contributed by atoms with Gasteiger partial charge in [-0.15, -0.1) is 0 Å². The maximum atomic E-state index is 8.32. The van der Waals surface area contributed by atoms with E-state index in [4.69, 9.17) is 17.9 Å². The molecule has 0 heterocycles. The summed E-state index contributed by atoms with van der Waals surface area (Å²) in [5.74, 6) is 0.536. The molecule has 1 aliphatic rings. The summed E-state index contributed by atoms with van der Waals surface area (Å²) in [7, 11) is 1.65. The van der Waals surface area contributed by atoms with Gasteiger partial charge in [0, 0.05) is 12.5 Å². The third kappa shape index (κ3) is 3.98. The zero-order chi connectivity index (χ0) is 17.3. The summed E-state index contributed by atoms with van der Waals surface area (Å²) in [4.78, 5) is 0. The van der Waals surface area contributed by atoms with Gasteiger partial charge in [-0.3, -0.25) is 0 Å². The number of hydrogen-bond acceptors (Lipinski definition) is 3. The minimum atomic E-state index is -1.67. The molecule has 0 aliphatic heterocycles. The van der Waals surface area contributed by atoms with Gasteiger partial charge in [-0.25, -0.2) is 0 Å². The molecule has 21 heavy (non-hydrogen) atoms. The molecule has 1 fully saturated rings. The number of ether oxygens (including phenoxy) is 2. The van der Waals surface area contributed by atoms with Gasteiger partial charge in [0.1, 0.15) is 5.75 Å². The van der Waals surface area contributed by atoms with Crippen LogP contribution in [0.5, 0.6) is 5.75 Å². The van der Waals surface area contributed by atoms with Gasteiger partial charge < -0.3 is 15.2 Å². The predicted molar refractivity (Wildman–Crippen MR) is 86.5 cm³/mol. The molecule has 0 saturated heterocycles. The summed E-state index contributed by atoms with van der Waals surface area (Å²) < 4.78 is 27.8. The fourth-order valence-electron chi connectivity index (χ4n) is 2.71. The van der Waals surface area contributed by atoms with Crippen LogP contribution in [0.2, 0.25) is 0 Å². The highest BCUT2D eigenvalue weighted by molar-refractivity contribution is 5.30. The average Bonchev–Trinajstić information content (AvgIpc) is 2.95. The molecule has 2 rings (SSSR count). The van der Waals surface area contributed by atoms with Gasteiger partial charge in [0.05, 0.1) is 20.9 Å². The van der Waals surface area contributed by atoms with Crippen LogP contribution in [0.15, 0.2) is 24.3 Å². The largest absolute Gasteiger partial charge is 0.493 e. The van der Waals surface area contributed by atoms with Gasteiger partial charge in [0.2, 0.25) is 0 Å². The number of nitrogens with two attached hydrogens (primary N) is 1. The highest BCUT2D eigenvalue weighted by Crippen LogP contribution is 2.38. The van der Waals surface area contributed by atoms with E-state index in [2.05, 4.69) is 0 Å². The van der Waals surface area contributed by atoms with E-state index in [0.717, 1.165) is 31.2 Å². The first kappa shape index (κ1) is 13.6. The Morgan fingerprint density at radius 1 is 1.29 bits per heavy atom. The van der Waals surface area contributed by atoms with Crippen molar-refractivity contribution in [2.24, 2.45) is 11.1 Å². The molecular weight excluding hydrogens is 262 g/mol. The second kappa shape index (κ2) is 6.37. The molecule has 1 aliphatic carbocycles. The van der Waals surface area contributed by atoms with Gasteiger partial charge in [0.15, 0.2) is 0 Å². The Bertz CT molecular complexity index is 522. The molecular formula is C18H29NO2. The van der Waals surface area contributed by atoms with E-state index in [1.165, 1.54) is 0 Å². The molecule has 1 aromatic rings. The van der Waals surface area contributed by atoms with E-state index in [-0.39, 0.29) is 6.04 Å². The zero-order valence-corrected chi connectivity index (χ0v) is 13.6. The van der Waals surface area contributed by atoms with Crippen LogP contribution < -0.4 is 10.5 Å². The van der Waals surface area contributed by atoms with Gasteiger partial charge in [0.25, 0.3) is 0 Å². The maximum absolute atomic E-state index is 8.32. The Morgan fingerprint density at radius 3 is 2.38 bits per heavy atom. The van der Waals surface area contributed by atoms with Crippen LogP contribution in [0.3, 0.4) is 0 Å². The topological polar surface area (TPSA) is 44.5 Å². The van der Waals surface area contributed by atoms with Gasteiger partial charge in [-0.2, -0.15) is 0 Å². The minimum absolute atomic E-state index is 0.259. The van der Waals surface area contributed by atoms with Gasteiger partial charge in [-0.1, -0.05) is 31.9 Å². The van der Waals surface area contributed by atoms with E-state index in [0.29, 0.717) is 5.75 Å². The molecule has 1 saturated carbocycles. The molecule has 1 atom stereocenters. The lowest BCUT2D eigenvalue weighted by Crippen LogP contribution is -2.37. The maximum Gasteiger partial charge on any atom is 0.119 e. The first-order valence-corrected chi connectivity index (χ1v) is 7.71. The Hall–Kier alpha value is -1.06. The monoisotopic (exact) mass is 293 g/mol. The lowest BCUT2D eigenvalue weighted by molar-refractivity contribution is -0.0000481. The summed E-state index contributed by atoms with van der Waals surface area (Å²) in [5, 5.41) is 0. The van der Waals surface area contributed by atoms with Crippen molar-refractivity contribution in [2.45, 2.75) is 58.1 Å². The molecule has 0 radical (unpaired) electrons. The van der Waals surface area contributed by atoms with Crippen LogP contribution in [0.4, 0.5) is 0 Å². The number of methoxy groups -OCH3 is 1. The van der Waals surface area contributed by atoms with Crippen molar-refractivity contribution >= 4 is 0 Å². The van der Waals surface area contributed by atoms with Crippen LogP contribution >= 0.6 is 0 Å². The predicted octanol–water partition coefficient (Wildman–Crippen LogP) is 4.07. The molecule has 0 bridgehead atoms. The molecule has 0 spiro atoms. The summed E-state index contributed by atoms with van der Waals surface area (Å²) in [5.41, 5.74) is 6.30.